The molecule has 0 bridgehead atoms. The van der Waals surface area contributed by atoms with Gasteiger partial charge in [-0.1, -0.05) is 30.3 Å². The zero-order chi connectivity index (χ0) is 20.1. The van der Waals surface area contributed by atoms with Gasteiger partial charge in [-0.3, -0.25) is 9.59 Å². The van der Waals surface area contributed by atoms with Crippen LogP contribution in [0.3, 0.4) is 0 Å². The van der Waals surface area contributed by atoms with Crippen molar-refractivity contribution in [3.8, 4) is 0 Å². The number of hydrogen-bond donors (Lipinski definition) is 1. The van der Waals surface area contributed by atoms with Gasteiger partial charge in [-0.05, 0) is 25.3 Å². The van der Waals surface area contributed by atoms with Crippen molar-refractivity contribution in [2.45, 2.75) is 19.8 Å². The molecule has 0 atom stereocenters. The smallest absolute Gasteiger partial charge is 0.343 e. The van der Waals surface area contributed by atoms with E-state index in [-0.39, 0.29) is 22.4 Å². The third-order valence-corrected chi connectivity index (χ3v) is 4.29. The highest BCUT2D eigenvalue weighted by atomic mass is 16.5. The van der Waals surface area contributed by atoms with E-state index in [1.165, 1.54) is 23.5 Å². The van der Waals surface area contributed by atoms with Gasteiger partial charge >= 0.3 is 5.97 Å². The zero-order valence-electron chi connectivity index (χ0n) is 15.7. The summed E-state index contributed by atoms with van der Waals surface area (Å²) in [5.74, 6) is -0.974. The molecule has 3 aromatic rings. The molecule has 8 nitrogen and oxygen atoms in total. The molecule has 28 heavy (non-hydrogen) atoms. The van der Waals surface area contributed by atoms with Crippen molar-refractivity contribution in [2.75, 3.05) is 13.2 Å². The minimum atomic E-state index is -0.791. The number of carbonyl (C=O) groups is 2. The van der Waals surface area contributed by atoms with E-state index in [0.29, 0.717) is 6.54 Å². The Bertz CT molecular complexity index is 1050. The number of rotatable bonds is 7. The predicted octanol–water partition coefficient (Wildman–Crippen LogP) is 1.74. The molecule has 0 aliphatic heterocycles. The number of fused-ring (bicyclic) bond motifs is 1. The molecule has 3 rings (SSSR count). The van der Waals surface area contributed by atoms with Crippen LogP contribution in [-0.2, 0) is 23.0 Å². The van der Waals surface area contributed by atoms with Crippen LogP contribution in [0.25, 0.3) is 11.1 Å². The lowest BCUT2D eigenvalue weighted by atomic mass is 10.1. The molecule has 0 radical (unpaired) electrons. The fourth-order valence-corrected chi connectivity index (χ4v) is 2.85. The average Bonchev–Trinajstić information content (AvgIpc) is 3.04. The van der Waals surface area contributed by atoms with Crippen molar-refractivity contribution in [3.63, 3.8) is 0 Å². The molecule has 8 heteroatoms. The average molecular weight is 383 g/mol. The van der Waals surface area contributed by atoms with Gasteiger partial charge < -0.3 is 19.0 Å². The number of aromatic nitrogens is 2. The van der Waals surface area contributed by atoms with Crippen LogP contribution in [0.1, 0.15) is 28.1 Å². The van der Waals surface area contributed by atoms with Crippen LogP contribution >= 0.6 is 0 Å². The highest BCUT2D eigenvalue weighted by Crippen LogP contribution is 2.21. The zero-order valence-corrected chi connectivity index (χ0v) is 15.7. The second kappa shape index (κ2) is 8.51. The maximum Gasteiger partial charge on any atom is 0.343 e. The second-order valence-corrected chi connectivity index (χ2v) is 6.39. The van der Waals surface area contributed by atoms with E-state index >= 15 is 0 Å². The maximum atomic E-state index is 12.4. The van der Waals surface area contributed by atoms with Gasteiger partial charge in [0.15, 0.2) is 6.61 Å². The maximum absolute atomic E-state index is 12.4. The van der Waals surface area contributed by atoms with Crippen molar-refractivity contribution in [3.05, 3.63) is 63.9 Å². The third kappa shape index (κ3) is 4.28. The summed E-state index contributed by atoms with van der Waals surface area (Å²) in [6, 6.07) is 9.95. The summed E-state index contributed by atoms with van der Waals surface area (Å²) in [5, 5.41) is 2.76. The minimum absolute atomic E-state index is 0.000535. The quantitative estimate of drug-likeness (QED) is 0.492. The molecule has 0 spiro atoms. The van der Waals surface area contributed by atoms with E-state index in [1.807, 2.05) is 30.3 Å². The van der Waals surface area contributed by atoms with E-state index in [0.717, 1.165) is 12.8 Å². The van der Waals surface area contributed by atoms with Crippen LogP contribution in [-0.4, -0.2) is 34.6 Å². The van der Waals surface area contributed by atoms with Gasteiger partial charge in [-0.15, -0.1) is 0 Å². The van der Waals surface area contributed by atoms with Crippen molar-refractivity contribution >= 4 is 23.0 Å². The van der Waals surface area contributed by atoms with Crippen LogP contribution in [0.5, 0.6) is 0 Å². The Hall–Kier alpha value is -3.42. The highest BCUT2D eigenvalue weighted by Gasteiger charge is 2.24. The molecule has 0 saturated heterocycles. The fourth-order valence-electron chi connectivity index (χ4n) is 2.85. The minimum Gasteiger partial charge on any atom is -0.452 e. The lowest BCUT2D eigenvalue weighted by Gasteiger charge is -2.07. The number of benzene rings is 1. The van der Waals surface area contributed by atoms with Crippen LogP contribution in [0.2, 0.25) is 0 Å². The first-order valence-corrected chi connectivity index (χ1v) is 8.90. The van der Waals surface area contributed by atoms with Gasteiger partial charge in [-0.25, -0.2) is 9.78 Å². The number of carbonyl (C=O) groups excluding carboxylic acids is 2. The molecule has 0 aliphatic rings. The Labute approximate surface area is 161 Å². The molecular formula is C20H21N3O5. The highest BCUT2D eigenvalue weighted by molar-refractivity contribution is 6.03. The molecule has 0 saturated carbocycles. The van der Waals surface area contributed by atoms with Gasteiger partial charge in [0.1, 0.15) is 23.0 Å². The lowest BCUT2D eigenvalue weighted by molar-refractivity contribution is -0.124. The van der Waals surface area contributed by atoms with Crippen molar-refractivity contribution in [1.82, 2.24) is 14.9 Å². The Balaban J connectivity index is 1.53. The van der Waals surface area contributed by atoms with Gasteiger partial charge in [-0.2, -0.15) is 0 Å². The molecule has 1 N–H and O–H groups in total. The second-order valence-electron chi connectivity index (χ2n) is 6.39. The molecule has 1 amide bonds. The summed E-state index contributed by atoms with van der Waals surface area (Å²) in [7, 11) is 1.52. The predicted molar refractivity (Wildman–Crippen MR) is 102 cm³/mol. The SMILES string of the molecule is Cc1oc2ncn(C)c(=O)c2c1C(=O)OCC(=O)NCCCc1ccccc1. The first-order chi connectivity index (χ1) is 13.5. The van der Waals surface area contributed by atoms with Crippen molar-refractivity contribution < 1.29 is 18.7 Å². The van der Waals surface area contributed by atoms with Crippen molar-refractivity contribution in [1.29, 1.82) is 0 Å². The summed E-state index contributed by atoms with van der Waals surface area (Å²) in [6.07, 6.45) is 2.93. The summed E-state index contributed by atoms with van der Waals surface area (Å²) in [6.45, 7) is 1.58. The number of hydrogen-bond acceptors (Lipinski definition) is 6. The van der Waals surface area contributed by atoms with Gasteiger partial charge in [0.2, 0.25) is 5.71 Å². The molecule has 2 heterocycles. The molecule has 0 unspecified atom stereocenters. The number of ether oxygens (including phenoxy) is 1. The Morgan fingerprint density at radius 3 is 2.75 bits per heavy atom. The van der Waals surface area contributed by atoms with Gasteiger partial charge in [0.05, 0.1) is 0 Å². The number of aryl methyl sites for hydroxylation is 3. The number of nitrogens with zero attached hydrogens (tertiary/aromatic N) is 2. The molecule has 0 fully saturated rings. The Morgan fingerprint density at radius 1 is 1.25 bits per heavy atom. The molecule has 0 aliphatic carbocycles. The molecular weight excluding hydrogens is 362 g/mol. The first kappa shape index (κ1) is 19.3. The van der Waals surface area contributed by atoms with Crippen LogP contribution in [0.15, 0.2) is 45.9 Å². The third-order valence-electron chi connectivity index (χ3n) is 4.29. The summed E-state index contributed by atoms with van der Waals surface area (Å²) in [5.41, 5.74) is 0.846. The molecule has 1 aromatic carbocycles. The number of amides is 1. The normalized spacial score (nSPS) is 10.8. The lowest BCUT2D eigenvalue weighted by Crippen LogP contribution is -2.30. The number of esters is 1. The number of nitrogens with one attached hydrogen (secondary N) is 1. The van der Waals surface area contributed by atoms with Crippen LogP contribution in [0.4, 0.5) is 0 Å². The van der Waals surface area contributed by atoms with E-state index in [9.17, 15) is 14.4 Å². The summed E-state index contributed by atoms with van der Waals surface area (Å²) < 4.78 is 11.7. The summed E-state index contributed by atoms with van der Waals surface area (Å²) in [4.78, 5) is 40.6. The first-order valence-electron chi connectivity index (χ1n) is 8.90. The Kier molecular flexibility index (Phi) is 5.88. The standard InChI is InChI=1S/C20H21N3O5/c1-13-16(17-18(28-13)22-12-23(2)19(17)25)20(26)27-11-15(24)21-10-6-9-14-7-4-3-5-8-14/h3-5,7-8,12H,6,9-11H2,1-2H3,(H,21,24). The van der Waals surface area contributed by atoms with Gasteiger partial charge in [0, 0.05) is 13.6 Å². The van der Waals surface area contributed by atoms with E-state index < -0.39 is 24.0 Å². The topological polar surface area (TPSA) is 103 Å². The largest absolute Gasteiger partial charge is 0.452 e. The van der Waals surface area contributed by atoms with E-state index in [1.54, 1.807) is 6.92 Å². The molecule has 2 aromatic heterocycles. The number of furan rings is 1. The van der Waals surface area contributed by atoms with E-state index in [2.05, 4.69) is 10.3 Å². The van der Waals surface area contributed by atoms with Crippen LogP contribution in [0, 0.1) is 6.92 Å². The monoisotopic (exact) mass is 383 g/mol. The Morgan fingerprint density at radius 2 is 2.00 bits per heavy atom. The fraction of sp³-hybridized carbons (Fsp3) is 0.300. The van der Waals surface area contributed by atoms with Crippen LogP contribution < -0.4 is 10.9 Å². The summed E-state index contributed by atoms with van der Waals surface area (Å²) >= 11 is 0. The van der Waals surface area contributed by atoms with Crippen molar-refractivity contribution in [2.24, 2.45) is 7.05 Å². The molecule has 146 valence electrons. The van der Waals surface area contributed by atoms with E-state index in [4.69, 9.17) is 9.15 Å². The van der Waals surface area contributed by atoms with Gasteiger partial charge in [0.25, 0.3) is 11.5 Å².